The number of sulfonamides is 1. The Bertz CT molecular complexity index is 846. The molecule has 24 heavy (non-hydrogen) atoms. The summed E-state index contributed by atoms with van der Waals surface area (Å²) in [5.41, 5.74) is 0. The van der Waals surface area contributed by atoms with Gasteiger partial charge in [0, 0.05) is 24.2 Å². The number of hydrogen-bond acceptors (Lipinski definition) is 6. The summed E-state index contributed by atoms with van der Waals surface area (Å²) in [6.45, 7) is 2.56. The minimum absolute atomic E-state index is 0.170. The monoisotopic (exact) mass is 449 g/mol. The summed E-state index contributed by atoms with van der Waals surface area (Å²) >= 11 is 5.88. The quantitative estimate of drug-likeness (QED) is 0.775. The zero-order valence-corrected chi connectivity index (χ0v) is 16.9. The average Bonchev–Trinajstić information content (AvgIpc) is 3.16. The predicted molar refractivity (Wildman–Crippen MR) is 99.0 cm³/mol. The molecule has 1 atom stereocenters. The van der Waals surface area contributed by atoms with E-state index in [-0.39, 0.29) is 18.4 Å². The van der Waals surface area contributed by atoms with Gasteiger partial charge in [0.15, 0.2) is 5.13 Å². The fourth-order valence-corrected chi connectivity index (χ4v) is 6.91. The Kier molecular flexibility index (Phi) is 5.40. The zero-order valence-electron chi connectivity index (χ0n) is 12.9. The van der Waals surface area contributed by atoms with Gasteiger partial charge in [-0.3, -0.25) is 4.79 Å². The van der Waals surface area contributed by atoms with Crippen molar-refractivity contribution in [1.29, 1.82) is 0 Å². The van der Waals surface area contributed by atoms with Crippen molar-refractivity contribution in [2.24, 2.45) is 5.92 Å². The molecule has 6 nitrogen and oxygen atoms in total. The van der Waals surface area contributed by atoms with E-state index in [1.165, 1.54) is 27.0 Å². The van der Waals surface area contributed by atoms with E-state index in [0.29, 0.717) is 28.7 Å². The van der Waals surface area contributed by atoms with E-state index in [0.717, 1.165) is 8.66 Å². The van der Waals surface area contributed by atoms with Crippen molar-refractivity contribution >= 4 is 59.7 Å². The molecule has 0 saturated carbocycles. The van der Waals surface area contributed by atoms with Gasteiger partial charge in [-0.25, -0.2) is 13.4 Å². The minimum Gasteiger partial charge on any atom is -0.302 e. The van der Waals surface area contributed by atoms with Crippen LogP contribution in [0.2, 0.25) is 0 Å². The third-order valence-corrected chi connectivity index (χ3v) is 8.53. The Morgan fingerprint density at radius 3 is 2.83 bits per heavy atom. The second-order valence-corrected chi connectivity index (χ2v) is 11.4. The molecule has 130 valence electrons. The third-order valence-electron chi connectivity index (χ3n) is 3.75. The molecule has 1 fully saturated rings. The van der Waals surface area contributed by atoms with E-state index in [1.807, 2.05) is 6.92 Å². The number of halogens is 1. The van der Waals surface area contributed by atoms with E-state index in [4.69, 9.17) is 0 Å². The van der Waals surface area contributed by atoms with Gasteiger partial charge in [0.05, 0.1) is 9.70 Å². The van der Waals surface area contributed by atoms with E-state index < -0.39 is 10.0 Å². The topological polar surface area (TPSA) is 79.4 Å². The maximum absolute atomic E-state index is 12.7. The summed E-state index contributed by atoms with van der Waals surface area (Å²) in [5, 5.41) is 3.35. The summed E-state index contributed by atoms with van der Waals surface area (Å²) in [4.78, 5) is 17.6. The van der Waals surface area contributed by atoms with Crippen LogP contribution < -0.4 is 5.32 Å². The zero-order chi connectivity index (χ0) is 17.3. The van der Waals surface area contributed by atoms with Gasteiger partial charge >= 0.3 is 0 Å². The van der Waals surface area contributed by atoms with Crippen molar-refractivity contribution in [3.8, 4) is 0 Å². The van der Waals surface area contributed by atoms with Gasteiger partial charge < -0.3 is 5.32 Å². The van der Waals surface area contributed by atoms with Gasteiger partial charge in [-0.2, -0.15) is 4.31 Å². The van der Waals surface area contributed by atoms with Crippen molar-refractivity contribution in [3.05, 3.63) is 27.0 Å². The molecule has 1 amide bonds. The molecule has 1 N–H and O–H groups in total. The first kappa shape index (κ1) is 18.0. The lowest BCUT2D eigenvalue weighted by Gasteiger charge is -2.30. The van der Waals surface area contributed by atoms with Crippen molar-refractivity contribution < 1.29 is 13.2 Å². The number of nitrogens with one attached hydrogen (secondary N) is 1. The Morgan fingerprint density at radius 2 is 2.21 bits per heavy atom. The van der Waals surface area contributed by atoms with E-state index in [9.17, 15) is 13.2 Å². The number of carbonyl (C=O) groups is 1. The number of aromatic nitrogens is 1. The fourth-order valence-electron chi connectivity index (χ4n) is 2.56. The Hall–Kier alpha value is -0.810. The summed E-state index contributed by atoms with van der Waals surface area (Å²) in [6, 6.07) is 3.31. The Labute approximate surface area is 157 Å². The largest absolute Gasteiger partial charge is 0.302 e. The highest BCUT2D eigenvalue weighted by atomic mass is 79.9. The maximum atomic E-state index is 12.7. The molecular weight excluding hydrogens is 434 g/mol. The highest BCUT2D eigenvalue weighted by molar-refractivity contribution is 9.11. The number of piperidine rings is 1. The highest BCUT2D eigenvalue weighted by Crippen LogP contribution is 2.31. The van der Waals surface area contributed by atoms with Gasteiger partial charge in [-0.15, -0.1) is 22.7 Å². The van der Waals surface area contributed by atoms with Crippen LogP contribution in [-0.2, 0) is 14.8 Å². The number of thiazole rings is 1. The van der Waals surface area contributed by atoms with Gasteiger partial charge in [0.25, 0.3) is 10.0 Å². The minimum atomic E-state index is -3.55. The molecule has 10 heteroatoms. The van der Waals surface area contributed by atoms with E-state index >= 15 is 0 Å². The Balaban J connectivity index is 1.71. The number of aryl methyl sites for hydroxylation is 1. The predicted octanol–water partition coefficient (Wildman–Crippen LogP) is 3.31. The van der Waals surface area contributed by atoms with Crippen LogP contribution in [0.25, 0.3) is 0 Å². The standard InChI is InChI=1S/C14H16BrN3O3S3/c1-9-7-16-14(22-9)17-13(19)10-3-2-6-18(8-10)24(20,21)12-5-4-11(15)23-12/h4-5,7,10H,2-3,6,8H2,1H3,(H,16,17,19)/t10-/m1/s1. The van der Waals surface area contributed by atoms with Gasteiger partial charge in [0.2, 0.25) is 5.91 Å². The van der Waals surface area contributed by atoms with E-state index in [1.54, 1.807) is 18.3 Å². The molecule has 0 spiro atoms. The van der Waals surface area contributed by atoms with Crippen LogP contribution >= 0.6 is 38.6 Å². The molecule has 0 unspecified atom stereocenters. The van der Waals surface area contributed by atoms with Gasteiger partial charge in [-0.05, 0) is 47.8 Å². The molecule has 0 aliphatic carbocycles. The van der Waals surface area contributed by atoms with Crippen LogP contribution in [0.4, 0.5) is 5.13 Å². The fraction of sp³-hybridized carbons (Fsp3) is 0.429. The second kappa shape index (κ2) is 7.20. The average molecular weight is 450 g/mol. The molecule has 0 bridgehead atoms. The number of rotatable bonds is 4. The SMILES string of the molecule is Cc1cnc(NC(=O)[C@@H]2CCCN(S(=O)(=O)c3ccc(Br)s3)C2)s1. The summed E-state index contributed by atoms with van der Waals surface area (Å²) in [7, 11) is -3.55. The van der Waals surface area contributed by atoms with Crippen LogP contribution in [-0.4, -0.2) is 36.7 Å². The molecular formula is C14H16BrN3O3S3. The summed E-state index contributed by atoms with van der Waals surface area (Å²) in [6.07, 6.45) is 3.05. The lowest BCUT2D eigenvalue weighted by molar-refractivity contribution is -0.120. The molecule has 2 aromatic heterocycles. The number of thiophene rings is 1. The van der Waals surface area contributed by atoms with Crippen molar-refractivity contribution in [2.45, 2.75) is 24.0 Å². The molecule has 3 heterocycles. The molecule has 2 aromatic rings. The van der Waals surface area contributed by atoms with Crippen molar-refractivity contribution in [1.82, 2.24) is 9.29 Å². The third kappa shape index (κ3) is 3.88. The Morgan fingerprint density at radius 1 is 1.42 bits per heavy atom. The first-order chi connectivity index (χ1) is 11.4. The molecule has 1 aliphatic rings. The van der Waals surface area contributed by atoms with Crippen LogP contribution in [0.15, 0.2) is 26.3 Å². The lowest BCUT2D eigenvalue weighted by atomic mass is 9.99. The van der Waals surface area contributed by atoms with Crippen molar-refractivity contribution in [3.63, 3.8) is 0 Å². The first-order valence-electron chi connectivity index (χ1n) is 7.35. The molecule has 1 aliphatic heterocycles. The molecule has 0 aromatic carbocycles. The van der Waals surface area contributed by atoms with Crippen LogP contribution in [0.5, 0.6) is 0 Å². The molecule has 0 radical (unpaired) electrons. The normalized spacial score (nSPS) is 19.3. The maximum Gasteiger partial charge on any atom is 0.252 e. The van der Waals surface area contributed by atoms with E-state index in [2.05, 4.69) is 26.2 Å². The molecule has 3 rings (SSSR count). The molecule has 1 saturated heterocycles. The summed E-state index contributed by atoms with van der Waals surface area (Å²) in [5.74, 6) is -0.530. The smallest absolute Gasteiger partial charge is 0.252 e. The van der Waals surface area contributed by atoms with Crippen LogP contribution in [0.3, 0.4) is 0 Å². The first-order valence-corrected chi connectivity index (χ1v) is 11.2. The number of nitrogens with zero attached hydrogens (tertiary/aromatic N) is 2. The van der Waals surface area contributed by atoms with Gasteiger partial charge in [0.1, 0.15) is 4.21 Å². The number of hydrogen-bond donors (Lipinski definition) is 1. The second-order valence-electron chi connectivity index (χ2n) is 5.53. The number of anilines is 1. The van der Waals surface area contributed by atoms with Gasteiger partial charge in [-0.1, -0.05) is 0 Å². The number of amides is 1. The lowest BCUT2D eigenvalue weighted by Crippen LogP contribution is -2.43. The van der Waals surface area contributed by atoms with Crippen LogP contribution in [0, 0.1) is 12.8 Å². The number of carbonyl (C=O) groups excluding carboxylic acids is 1. The summed E-state index contributed by atoms with van der Waals surface area (Å²) < 4.78 is 27.9. The van der Waals surface area contributed by atoms with Crippen molar-refractivity contribution in [2.75, 3.05) is 18.4 Å². The highest BCUT2D eigenvalue weighted by Gasteiger charge is 2.34. The van der Waals surface area contributed by atoms with Crippen LogP contribution in [0.1, 0.15) is 17.7 Å².